The molecule has 31 heavy (non-hydrogen) atoms. The Hall–Kier alpha value is -2.20. The third kappa shape index (κ3) is 7.17. The summed E-state index contributed by atoms with van der Waals surface area (Å²) in [5, 5.41) is 3.26. The summed E-state index contributed by atoms with van der Waals surface area (Å²) in [7, 11) is 3.25. The lowest BCUT2D eigenvalue weighted by Gasteiger charge is -2.39. The first-order chi connectivity index (χ1) is 14.6. The summed E-state index contributed by atoms with van der Waals surface area (Å²) in [4.78, 5) is 9.39. The zero-order chi connectivity index (χ0) is 21.3. The lowest BCUT2D eigenvalue weighted by molar-refractivity contribution is 0.197. The van der Waals surface area contributed by atoms with Crippen LogP contribution < -0.4 is 25.4 Å². The number of rotatable bonds is 8. The molecule has 1 unspecified atom stereocenters. The maximum absolute atomic E-state index is 6.08. The van der Waals surface area contributed by atoms with Crippen molar-refractivity contribution in [1.82, 2.24) is 10.2 Å². The standard InChI is InChI=1S/C23H33N5O2.HI/c1-18(27-11-13-28(14-12-27)20-7-5-4-6-8-20)16-25-23(24)26-17-19-9-10-21(29-2)22(15-19)30-3;/h4-10,15,18H,11-14,16-17H2,1-3H3,(H3,24,25,26);1H. The van der Waals surface area contributed by atoms with E-state index in [4.69, 9.17) is 15.2 Å². The van der Waals surface area contributed by atoms with Crippen LogP contribution in [0.2, 0.25) is 0 Å². The largest absolute Gasteiger partial charge is 0.493 e. The van der Waals surface area contributed by atoms with Crippen molar-refractivity contribution in [2.75, 3.05) is 51.8 Å². The number of halogens is 1. The third-order valence-corrected chi connectivity index (χ3v) is 5.52. The van der Waals surface area contributed by atoms with Crippen LogP contribution in [0, 0.1) is 0 Å². The highest BCUT2D eigenvalue weighted by atomic mass is 127. The van der Waals surface area contributed by atoms with Gasteiger partial charge >= 0.3 is 0 Å². The summed E-state index contributed by atoms with van der Waals surface area (Å²) in [6.07, 6.45) is 0. The van der Waals surface area contributed by atoms with E-state index in [0.29, 0.717) is 30.0 Å². The van der Waals surface area contributed by atoms with Crippen molar-refractivity contribution in [3.05, 3.63) is 54.1 Å². The molecule has 0 bridgehead atoms. The van der Waals surface area contributed by atoms with Gasteiger partial charge in [-0.15, -0.1) is 24.0 Å². The van der Waals surface area contributed by atoms with E-state index in [1.807, 2.05) is 18.2 Å². The molecule has 2 aromatic carbocycles. The van der Waals surface area contributed by atoms with Crippen molar-refractivity contribution in [2.24, 2.45) is 10.7 Å². The van der Waals surface area contributed by atoms with Gasteiger partial charge in [0.15, 0.2) is 17.5 Å². The SMILES string of the molecule is COc1ccc(CN=C(N)NCC(C)N2CCN(c3ccccc3)CC2)cc1OC.I. The van der Waals surface area contributed by atoms with E-state index in [1.165, 1.54) is 5.69 Å². The molecule has 3 N–H and O–H groups in total. The predicted octanol–water partition coefficient (Wildman–Crippen LogP) is 2.94. The molecule has 1 atom stereocenters. The van der Waals surface area contributed by atoms with Gasteiger partial charge in [-0.25, -0.2) is 4.99 Å². The van der Waals surface area contributed by atoms with E-state index in [2.05, 4.69) is 57.4 Å². The maximum Gasteiger partial charge on any atom is 0.188 e. The minimum Gasteiger partial charge on any atom is -0.493 e. The Bertz CT molecular complexity index is 826. The molecule has 1 aliphatic heterocycles. The molecule has 8 heteroatoms. The van der Waals surface area contributed by atoms with Crippen molar-refractivity contribution >= 4 is 35.6 Å². The molecular weight excluding hydrogens is 505 g/mol. The van der Waals surface area contributed by atoms with Gasteiger partial charge in [-0.1, -0.05) is 24.3 Å². The van der Waals surface area contributed by atoms with E-state index in [0.717, 1.165) is 38.3 Å². The molecular formula is C23H34IN5O2. The number of ether oxygens (including phenoxy) is 2. The quantitative estimate of drug-likeness (QED) is 0.306. The monoisotopic (exact) mass is 539 g/mol. The van der Waals surface area contributed by atoms with Crippen LogP contribution in [0.4, 0.5) is 5.69 Å². The Morgan fingerprint density at radius 1 is 1.03 bits per heavy atom. The molecule has 7 nitrogen and oxygen atoms in total. The Kier molecular flexibility index (Phi) is 10.2. The van der Waals surface area contributed by atoms with Gasteiger partial charge < -0.3 is 25.4 Å². The molecule has 0 saturated carbocycles. The van der Waals surface area contributed by atoms with Crippen LogP contribution in [0.1, 0.15) is 12.5 Å². The van der Waals surface area contributed by atoms with Crippen molar-refractivity contribution in [1.29, 1.82) is 0 Å². The summed E-state index contributed by atoms with van der Waals surface area (Å²) < 4.78 is 10.6. The molecule has 0 aromatic heterocycles. The smallest absolute Gasteiger partial charge is 0.188 e. The maximum atomic E-state index is 6.08. The lowest BCUT2D eigenvalue weighted by Crippen LogP contribution is -2.53. The van der Waals surface area contributed by atoms with Gasteiger partial charge in [-0.3, -0.25) is 4.90 Å². The molecule has 3 rings (SSSR count). The normalized spacial score (nSPS) is 15.7. The fourth-order valence-electron chi connectivity index (χ4n) is 3.65. The van der Waals surface area contributed by atoms with Gasteiger partial charge in [0, 0.05) is 44.5 Å². The molecule has 0 amide bonds. The van der Waals surface area contributed by atoms with E-state index in [1.54, 1.807) is 14.2 Å². The second kappa shape index (κ2) is 12.6. The lowest BCUT2D eigenvalue weighted by atomic mass is 10.2. The summed E-state index contributed by atoms with van der Waals surface area (Å²) in [5.41, 5.74) is 8.40. The van der Waals surface area contributed by atoms with E-state index in [9.17, 15) is 0 Å². The van der Waals surface area contributed by atoms with Gasteiger partial charge in [0.1, 0.15) is 0 Å². The zero-order valence-corrected chi connectivity index (χ0v) is 20.9. The van der Waals surface area contributed by atoms with Gasteiger partial charge in [-0.2, -0.15) is 0 Å². The summed E-state index contributed by atoms with van der Waals surface area (Å²) in [5.74, 6) is 1.86. The number of methoxy groups -OCH3 is 2. The fourth-order valence-corrected chi connectivity index (χ4v) is 3.65. The van der Waals surface area contributed by atoms with E-state index in [-0.39, 0.29) is 24.0 Å². The summed E-state index contributed by atoms with van der Waals surface area (Å²) in [6.45, 7) is 7.65. The van der Waals surface area contributed by atoms with Crippen LogP contribution in [-0.4, -0.2) is 63.8 Å². The average molecular weight is 539 g/mol. The van der Waals surface area contributed by atoms with Crippen molar-refractivity contribution in [3.8, 4) is 11.5 Å². The number of piperazine rings is 1. The second-order valence-electron chi connectivity index (χ2n) is 7.48. The molecule has 0 spiro atoms. The number of nitrogens with two attached hydrogens (primary N) is 1. The van der Waals surface area contributed by atoms with Crippen LogP contribution in [-0.2, 0) is 6.54 Å². The first-order valence-electron chi connectivity index (χ1n) is 10.4. The van der Waals surface area contributed by atoms with Gasteiger partial charge in [0.2, 0.25) is 0 Å². The zero-order valence-electron chi connectivity index (χ0n) is 18.6. The number of nitrogens with one attached hydrogen (secondary N) is 1. The highest BCUT2D eigenvalue weighted by Gasteiger charge is 2.21. The number of aliphatic imine (C=N–C) groups is 1. The number of nitrogens with zero attached hydrogens (tertiary/aromatic N) is 3. The van der Waals surface area contributed by atoms with Gasteiger partial charge in [0.05, 0.1) is 20.8 Å². The van der Waals surface area contributed by atoms with Crippen LogP contribution in [0.3, 0.4) is 0 Å². The second-order valence-corrected chi connectivity index (χ2v) is 7.48. The van der Waals surface area contributed by atoms with Gasteiger partial charge in [0.25, 0.3) is 0 Å². The predicted molar refractivity (Wildman–Crippen MR) is 138 cm³/mol. The van der Waals surface area contributed by atoms with E-state index >= 15 is 0 Å². The number of hydrogen-bond donors (Lipinski definition) is 2. The highest BCUT2D eigenvalue weighted by Crippen LogP contribution is 2.27. The van der Waals surface area contributed by atoms with Crippen LogP contribution in [0.15, 0.2) is 53.5 Å². The number of anilines is 1. The minimum atomic E-state index is 0. The Balaban J connectivity index is 0.00000341. The van der Waals surface area contributed by atoms with E-state index < -0.39 is 0 Å². The van der Waals surface area contributed by atoms with Gasteiger partial charge in [-0.05, 0) is 36.8 Å². The summed E-state index contributed by atoms with van der Waals surface area (Å²) >= 11 is 0. The first-order valence-corrected chi connectivity index (χ1v) is 10.4. The molecule has 170 valence electrons. The molecule has 1 fully saturated rings. The molecule has 1 heterocycles. The number of guanidine groups is 1. The number of hydrogen-bond acceptors (Lipinski definition) is 5. The van der Waals surface area contributed by atoms with Crippen LogP contribution in [0.5, 0.6) is 11.5 Å². The Morgan fingerprint density at radius 2 is 1.71 bits per heavy atom. The molecule has 2 aromatic rings. The average Bonchev–Trinajstić information content (AvgIpc) is 2.81. The molecule has 0 aliphatic carbocycles. The Morgan fingerprint density at radius 3 is 2.35 bits per heavy atom. The first kappa shape index (κ1) is 25.1. The van der Waals surface area contributed by atoms with Crippen LogP contribution in [0.25, 0.3) is 0 Å². The molecule has 0 radical (unpaired) electrons. The fraction of sp³-hybridized carbons (Fsp3) is 0.435. The molecule has 1 aliphatic rings. The topological polar surface area (TPSA) is 75.4 Å². The highest BCUT2D eigenvalue weighted by molar-refractivity contribution is 14.0. The number of benzene rings is 2. The van der Waals surface area contributed by atoms with Crippen molar-refractivity contribution in [3.63, 3.8) is 0 Å². The van der Waals surface area contributed by atoms with Crippen molar-refractivity contribution in [2.45, 2.75) is 19.5 Å². The number of para-hydroxylation sites is 1. The van der Waals surface area contributed by atoms with Crippen molar-refractivity contribution < 1.29 is 9.47 Å². The molecule has 1 saturated heterocycles. The third-order valence-electron chi connectivity index (χ3n) is 5.52. The summed E-state index contributed by atoms with van der Waals surface area (Å²) in [6, 6.07) is 16.8. The minimum absolute atomic E-state index is 0. The Labute approximate surface area is 202 Å². The van der Waals surface area contributed by atoms with Crippen LogP contribution >= 0.6 is 24.0 Å².